The van der Waals surface area contributed by atoms with Gasteiger partial charge in [-0.25, -0.2) is 0 Å². The van der Waals surface area contributed by atoms with E-state index in [1.54, 1.807) is 0 Å². The summed E-state index contributed by atoms with van der Waals surface area (Å²) in [7, 11) is 0. The highest BCUT2D eigenvalue weighted by Crippen LogP contribution is 2.22. The van der Waals surface area contributed by atoms with E-state index in [1.807, 2.05) is 30.3 Å². The van der Waals surface area contributed by atoms with Crippen molar-refractivity contribution in [3.05, 3.63) is 71.8 Å². The molecule has 0 aliphatic carbocycles. The normalized spacial score (nSPS) is 17.5. The zero-order valence-electron chi connectivity index (χ0n) is 14.5. The average molecular weight is 321 g/mol. The Bertz CT molecular complexity index is 630. The van der Waals surface area contributed by atoms with E-state index in [9.17, 15) is 4.79 Å². The molecule has 1 saturated heterocycles. The van der Waals surface area contributed by atoms with Crippen molar-refractivity contribution in [3.63, 3.8) is 0 Å². The molecule has 0 N–H and O–H groups in total. The first-order valence-corrected chi connectivity index (χ1v) is 9.08. The fraction of sp³-hybridized carbons (Fsp3) is 0.409. The van der Waals surface area contributed by atoms with Gasteiger partial charge in [-0.15, -0.1) is 0 Å². The summed E-state index contributed by atoms with van der Waals surface area (Å²) in [6, 6.07) is 20.5. The van der Waals surface area contributed by atoms with Gasteiger partial charge in [-0.1, -0.05) is 67.6 Å². The van der Waals surface area contributed by atoms with Crippen LogP contribution in [0.4, 0.5) is 0 Å². The van der Waals surface area contributed by atoms with Crippen LogP contribution in [0.5, 0.6) is 0 Å². The topological polar surface area (TPSA) is 20.3 Å². The summed E-state index contributed by atoms with van der Waals surface area (Å²) in [6.07, 6.45) is 3.66. The summed E-state index contributed by atoms with van der Waals surface area (Å²) >= 11 is 0. The van der Waals surface area contributed by atoms with Crippen LogP contribution < -0.4 is 0 Å². The molecular formula is C22H27NO. The van der Waals surface area contributed by atoms with E-state index in [4.69, 9.17) is 0 Å². The molecule has 1 aliphatic rings. The van der Waals surface area contributed by atoms with Crippen LogP contribution in [0.25, 0.3) is 0 Å². The van der Waals surface area contributed by atoms with Crippen molar-refractivity contribution >= 4 is 5.78 Å². The highest BCUT2D eigenvalue weighted by Gasteiger charge is 2.23. The molecule has 0 aromatic heterocycles. The number of hydrogen-bond donors (Lipinski definition) is 0. The Labute approximate surface area is 145 Å². The minimum absolute atomic E-state index is 0.0677. The van der Waals surface area contributed by atoms with Crippen LogP contribution in [0.15, 0.2) is 60.7 Å². The Hall–Kier alpha value is -1.93. The van der Waals surface area contributed by atoms with Crippen LogP contribution >= 0.6 is 0 Å². The Morgan fingerprint density at radius 1 is 1.00 bits per heavy atom. The smallest absolute Gasteiger partial charge is 0.166 e. The van der Waals surface area contributed by atoms with E-state index in [0.29, 0.717) is 0 Å². The molecule has 1 unspecified atom stereocenters. The summed E-state index contributed by atoms with van der Waals surface area (Å²) in [5.41, 5.74) is 2.28. The number of nitrogens with zero attached hydrogens (tertiary/aromatic N) is 1. The van der Waals surface area contributed by atoms with Gasteiger partial charge in [-0.05, 0) is 43.8 Å². The summed E-state index contributed by atoms with van der Waals surface area (Å²) in [6.45, 7) is 5.17. The number of likely N-dealkylation sites (tertiary alicyclic amines) is 1. The van der Waals surface area contributed by atoms with Crippen LogP contribution in [-0.2, 0) is 6.42 Å². The zero-order valence-corrected chi connectivity index (χ0v) is 14.5. The molecule has 126 valence electrons. The fourth-order valence-electron chi connectivity index (χ4n) is 3.68. The van der Waals surface area contributed by atoms with E-state index < -0.39 is 0 Å². The van der Waals surface area contributed by atoms with Gasteiger partial charge in [0.15, 0.2) is 5.78 Å². The van der Waals surface area contributed by atoms with Crippen molar-refractivity contribution in [1.82, 2.24) is 4.90 Å². The van der Waals surface area contributed by atoms with Crippen molar-refractivity contribution in [2.75, 3.05) is 19.6 Å². The van der Waals surface area contributed by atoms with Crippen LogP contribution in [0.2, 0.25) is 0 Å². The highest BCUT2D eigenvalue weighted by atomic mass is 16.1. The molecule has 0 spiro atoms. The molecule has 1 heterocycles. The van der Waals surface area contributed by atoms with Crippen molar-refractivity contribution in [1.29, 1.82) is 0 Å². The van der Waals surface area contributed by atoms with Gasteiger partial charge in [0.1, 0.15) is 0 Å². The Morgan fingerprint density at radius 2 is 1.58 bits per heavy atom. The third-order valence-corrected chi connectivity index (χ3v) is 5.11. The number of hydrogen-bond acceptors (Lipinski definition) is 2. The molecule has 1 atom stereocenters. The number of carbonyl (C=O) groups excluding carboxylic acids is 1. The maximum Gasteiger partial charge on any atom is 0.166 e. The lowest BCUT2D eigenvalue weighted by Gasteiger charge is -2.33. The van der Waals surface area contributed by atoms with Gasteiger partial charge < -0.3 is 4.90 Å². The van der Waals surface area contributed by atoms with E-state index >= 15 is 0 Å². The van der Waals surface area contributed by atoms with Gasteiger partial charge in [0.05, 0.1) is 0 Å². The van der Waals surface area contributed by atoms with Gasteiger partial charge in [0.25, 0.3) is 0 Å². The number of benzene rings is 2. The van der Waals surface area contributed by atoms with E-state index in [1.165, 1.54) is 24.8 Å². The third kappa shape index (κ3) is 4.55. The van der Waals surface area contributed by atoms with E-state index in [2.05, 4.69) is 42.2 Å². The molecule has 1 aliphatic heterocycles. The highest BCUT2D eigenvalue weighted by molar-refractivity contribution is 5.97. The molecule has 24 heavy (non-hydrogen) atoms. The third-order valence-electron chi connectivity index (χ3n) is 5.11. The van der Waals surface area contributed by atoms with Gasteiger partial charge >= 0.3 is 0 Å². The molecule has 2 aromatic carbocycles. The van der Waals surface area contributed by atoms with Crippen LogP contribution in [0, 0.1) is 11.8 Å². The SMILES string of the molecule is CC(CN1CCC(Cc2ccccc2)CC1)C(=O)c1ccccc1. The van der Waals surface area contributed by atoms with E-state index in [0.717, 1.165) is 31.1 Å². The first-order valence-electron chi connectivity index (χ1n) is 9.08. The average Bonchev–Trinajstić information content (AvgIpc) is 2.64. The maximum absolute atomic E-state index is 12.5. The van der Waals surface area contributed by atoms with Crippen molar-refractivity contribution in [3.8, 4) is 0 Å². The number of rotatable bonds is 6. The lowest BCUT2D eigenvalue weighted by Crippen LogP contribution is -2.38. The quantitative estimate of drug-likeness (QED) is 0.732. The van der Waals surface area contributed by atoms with Gasteiger partial charge in [0.2, 0.25) is 0 Å². The van der Waals surface area contributed by atoms with Crippen molar-refractivity contribution < 1.29 is 4.79 Å². The summed E-state index contributed by atoms with van der Waals surface area (Å²) in [5.74, 6) is 1.11. The fourth-order valence-corrected chi connectivity index (χ4v) is 3.68. The lowest BCUT2D eigenvalue weighted by atomic mass is 9.89. The predicted octanol–water partition coefficient (Wildman–Crippen LogP) is 4.46. The standard InChI is InChI=1S/C22H27NO/c1-18(22(24)21-10-6-3-7-11-21)17-23-14-12-20(13-15-23)16-19-8-4-2-5-9-19/h2-11,18,20H,12-17H2,1H3. The Morgan fingerprint density at radius 3 is 2.21 bits per heavy atom. The predicted molar refractivity (Wildman–Crippen MR) is 99.2 cm³/mol. The monoisotopic (exact) mass is 321 g/mol. The second-order valence-electron chi connectivity index (χ2n) is 7.07. The first kappa shape index (κ1) is 16.9. The second kappa shape index (κ2) is 8.25. The van der Waals surface area contributed by atoms with Crippen molar-refractivity contribution in [2.24, 2.45) is 11.8 Å². The first-order chi connectivity index (χ1) is 11.7. The molecular weight excluding hydrogens is 294 g/mol. The number of Topliss-reactive ketones (excluding diaryl/α,β-unsaturated/α-hetero) is 1. The molecule has 1 fully saturated rings. The number of piperidine rings is 1. The van der Waals surface area contributed by atoms with Gasteiger partial charge in [-0.3, -0.25) is 4.79 Å². The lowest BCUT2D eigenvalue weighted by molar-refractivity contribution is 0.0869. The van der Waals surface area contributed by atoms with E-state index in [-0.39, 0.29) is 11.7 Å². The van der Waals surface area contributed by atoms with Crippen LogP contribution in [0.3, 0.4) is 0 Å². The van der Waals surface area contributed by atoms with Gasteiger partial charge in [-0.2, -0.15) is 0 Å². The summed E-state index contributed by atoms with van der Waals surface area (Å²) in [5, 5.41) is 0. The zero-order chi connectivity index (χ0) is 16.8. The van der Waals surface area contributed by atoms with Crippen LogP contribution in [-0.4, -0.2) is 30.3 Å². The van der Waals surface area contributed by atoms with Crippen LogP contribution in [0.1, 0.15) is 35.7 Å². The Balaban J connectivity index is 1.46. The number of ketones is 1. The Kier molecular flexibility index (Phi) is 5.81. The minimum atomic E-state index is 0.0677. The molecule has 2 aromatic rings. The summed E-state index contributed by atoms with van der Waals surface area (Å²) < 4.78 is 0. The number of carbonyl (C=O) groups is 1. The molecule has 0 bridgehead atoms. The van der Waals surface area contributed by atoms with Crippen molar-refractivity contribution in [2.45, 2.75) is 26.2 Å². The molecule has 2 heteroatoms. The second-order valence-corrected chi connectivity index (χ2v) is 7.07. The molecule has 0 radical (unpaired) electrons. The van der Waals surface area contributed by atoms with Gasteiger partial charge in [0, 0.05) is 18.0 Å². The molecule has 0 saturated carbocycles. The largest absolute Gasteiger partial charge is 0.303 e. The summed E-state index contributed by atoms with van der Waals surface area (Å²) in [4.78, 5) is 15.0. The molecule has 3 rings (SSSR count). The minimum Gasteiger partial charge on any atom is -0.303 e. The molecule has 2 nitrogen and oxygen atoms in total. The maximum atomic E-state index is 12.5. The molecule has 0 amide bonds.